The maximum absolute atomic E-state index is 2.44. The number of hydrogen-bond acceptors (Lipinski definition) is 3. The number of fused-ring (bicyclic) bond motifs is 7. The van der Waals surface area contributed by atoms with Crippen LogP contribution in [0.2, 0.25) is 0 Å². The average Bonchev–Trinajstić information content (AvgIpc) is 3.51. The van der Waals surface area contributed by atoms with Crippen LogP contribution in [0, 0.1) is 0 Å². The van der Waals surface area contributed by atoms with Crippen LogP contribution in [0.4, 0.5) is 34.1 Å². The summed E-state index contributed by atoms with van der Waals surface area (Å²) in [6, 6.07) is 62.0. The fraction of sp³-hybridized carbons (Fsp3) is 0. The van der Waals surface area contributed by atoms with Gasteiger partial charge in [0.25, 0.3) is 0 Å². The molecule has 1 aliphatic rings. The SMILES string of the molecule is c1ccc(N(c2ccc(N3c4ccc5ccccc5c4-c4cccc5cccc3c45)cc2)c2ccc3sc4ccccc4c3c2)cc1. The molecule has 2 heterocycles. The van der Waals surface area contributed by atoms with Gasteiger partial charge >= 0.3 is 0 Å². The largest absolute Gasteiger partial charge is 0.310 e. The van der Waals surface area contributed by atoms with Crippen LogP contribution in [-0.2, 0) is 0 Å². The number of rotatable bonds is 4. The third-order valence-corrected chi connectivity index (χ3v) is 10.7. The summed E-state index contributed by atoms with van der Waals surface area (Å²) < 4.78 is 2.63. The van der Waals surface area contributed by atoms with E-state index in [1.165, 1.54) is 64.2 Å². The highest BCUT2D eigenvalue weighted by Crippen LogP contribution is 2.53. The summed E-state index contributed by atoms with van der Waals surface area (Å²) in [5.74, 6) is 0. The van der Waals surface area contributed by atoms with Gasteiger partial charge in [0.1, 0.15) is 0 Å². The van der Waals surface area contributed by atoms with Gasteiger partial charge in [-0.3, -0.25) is 0 Å². The molecule has 0 radical (unpaired) electrons. The minimum atomic E-state index is 1.12. The second kappa shape index (κ2) is 10.3. The molecule has 0 atom stereocenters. The smallest absolute Gasteiger partial charge is 0.0547 e. The van der Waals surface area contributed by atoms with Crippen molar-refractivity contribution in [2.24, 2.45) is 0 Å². The molecule has 47 heavy (non-hydrogen) atoms. The van der Waals surface area contributed by atoms with Gasteiger partial charge in [-0.15, -0.1) is 11.3 Å². The molecule has 8 aromatic carbocycles. The third-order valence-electron chi connectivity index (χ3n) is 9.54. The van der Waals surface area contributed by atoms with E-state index in [9.17, 15) is 0 Å². The predicted molar refractivity (Wildman–Crippen MR) is 203 cm³/mol. The number of benzene rings is 8. The van der Waals surface area contributed by atoms with E-state index < -0.39 is 0 Å². The van der Waals surface area contributed by atoms with Crippen molar-refractivity contribution in [3.05, 3.63) is 170 Å². The zero-order chi connectivity index (χ0) is 30.9. The van der Waals surface area contributed by atoms with Crippen LogP contribution >= 0.6 is 11.3 Å². The Kier molecular flexibility index (Phi) is 5.78. The molecule has 3 heteroatoms. The van der Waals surface area contributed by atoms with Gasteiger partial charge in [-0.2, -0.15) is 0 Å². The Morgan fingerprint density at radius 3 is 1.98 bits per heavy atom. The van der Waals surface area contributed by atoms with Crippen LogP contribution in [0.15, 0.2) is 170 Å². The van der Waals surface area contributed by atoms with Gasteiger partial charge in [0.05, 0.1) is 11.4 Å². The van der Waals surface area contributed by atoms with Gasteiger partial charge in [-0.1, -0.05) is 97.1 Å². The van der Waals surface area contributed by atoms with Gasteiger partial charge in [0.2, 0.25) is 0 Å². The molecule has 0 amide bonds. The van der Waals surface area contributed by atoms with Crippen molar-refractivity contribution < 1.29 is 0 Å². The van der Waals surface area contributed by atoms with Gasteiger partial charge in [0, 0.05) is 53.9 Å². The van der Waals surface area contributed by atoms with Gasteiger partial charge in [-0.25, -0.2) is 0 Å². The monoisotopic (exact) mass is 616 g/mol. The van der Waals surface area contributed by atoms with Crippen molar-refractivity contribution in [2.45, 2.75) is 0 Å². The number of hydrogen-bond donors (Lipinski definition) is 0. The maximum Gasteiger partial charge on any atom is 0.0547 e. The first-order valence-electron chi connectivity index (χ1n) is 16.0. The Hall–Kier alpha value is -5.90. The average molecular weight is 617 g/mol. The Balaban J connectivity index is 1.15. The molecule has 2 nitrogen and oxygen atoms in total. The van der Waals surface area contributed by atoms with Crippen molar-refractivity contribution in [3.63, 3.8) is 0 Å². The van der Waals surface area contributed by atoms with E-state index in [-0.39, 0.29) is 0 Å². The topological polar surface area (TPSA) is 6.48 Å². The summed E-state index contributed by atoms with van der Waals surface area (Å²) in [6.07, 6.45) is 0. The van der Waals surface area contributed by atoms with E-state index in [1.807, 2.05) is 11.3 Å². The number of nitrogens with zero attached hydrogens (tertiary/aromatic N) is 2. The predicted octanol–water partition coefficient (Wildman–Crippen LogP) is 13.3. The first kappa shape index (κ1) is 26.3. The molecule has 0 aliphatic carbocycles. The Labute approximate surface area is 277 Å². The summed E-state index contributed by atoms with van der Waals surface area (Å²) in [7, 11) is 0. The zero-order valence-electron chi connectivity index (χ0n) is 25.5. The number of thiophene rings is 1. The van der Waals surface area contributed by atoms with Crippen molar-refractivity contribution in [2.75, 3.05) is 9.80 Å². The molecule has 10 rings (SSSR count). The minimum Gasteiger partial charge on any atom is -0.310 e. The molecule has 1 aliphatic heterocycles. The van der Waals surface area contributed by atoms with Gasteiger partial charge in [-0.05, 0) is 94.5 Å². The molecular formula is C44H28N2S. The van der Waals surface area contributed by atoms with E-state index in [4.69, 9.17) is 0 Å². The van der Waals surface area contributed by atoms with Crippen LogP contribution in [-0.4, -0.2) is 0 Å². The lowest BCUT2D eigenvalue weighted by molar-refractivity contribution is 1.26. The molecule has 1 aromatic heterocycles. The summed E-state index contributed by atoms with van der Waals surface area (Å²) in [4.78, 5) is 4.81. The molecule has 0 bridgehead atoms. The number of para-hydroxylation sites is 1. The normalized spacial score (nSPS) is 12.2. The summed E-state index contributed by atoms with van der Waals surface area (Å²) in [5.41, 5.74) is 9.54. The molecule has 0 unspecified atom stereocenters. The second-order valence-electron chi connectivity index (χ2n) is 12.2. The quantitative estimate of drug-likeness (QED) is 0.194. The van der Waals surface area contributed by atoms with Crippen molar-refractivity contribution in [3.8, 4) is 11.1 Å². The van der Waals surface area contributed by atoms with E-state index in [0.29, 0.717) is 0 Å². The van der Waals surface area contributed by atoms with E-state index in [0.717, 1.165) is 22.7 Å². The van der Waals surface area contributed by atoms with Crippen molar-refractivity contribution in [1.29, 1.82) is 0 Å². The summed E-state index contributed by atoms with van der Waals surface area (Å²) >= 11 is 1.86. The zero-order valence-corrected chi connectivity index (χ0v) is 26.3. The van der Waals surface area contributed by atoms with E-state index in [1.54, 1.807) is 0 Å². The van der Waals surface area contributed by atoms with Crippen LogP contribution in [0.5, 0.6) is 0 Å². The van der Waals surface area contributed by atoms with Crippen LogP contribution in [0.25, 0.3) is 52.8 Å². The van der Waals surface area contributed by atoms with E-state index in [2.05, 4.69) is 180 Å². The summed E-state index contributed by atoms with van der Waals surface area (Å²) in [5, 5.41) is 7.69. The lowest BCUT2D eigenvalue weighted by atomic mass is 9.87. The third kappa shape index (κ3) is 4.04. The molecule has 0 N–H and O–H groups in total. The van der Waals surface area contributed by atoms with Crippen molar-refractivity contribution >= 4 is 87.2 Å². The second-order valence-corrected chi connectivity index (χ2v) is 13.2. The van der Waals surface area contributed by atoms with Gasteiger partial charge < -0.3 is 9.80 Å². The fourth-order valence-corrected chi connectivity index (χ4v) is 8.57. The summed E-state index contributed by atoms with van der Waals surface area (Å²) in [6.45, 7) is 0. The maximum atomic E-state index is 2.44. The first-order chi connectivity index (χ1) is 23.3. The fourth-order valence-electron chi connectivity index (χ4n) is 7.48. The molecule has 220 valence electrons. The molecule has 9 aromatic rings. The lowest BCUT2D eigenvalue weighted by Gasteiger charge is -2.34. The molecule has 0 fully saturated rings. The Bertz CT molecular complexity index is 2630. The Morgan fingerprint density at radius 2 is 1.11 bits per heavy atom. The first-order valence-corrected chi connectivity index (χ1v) is 16.8. The van der Waals surface area contributed by atoms with Crippen LogP contribution in [0.1, 0.15) is 0 Å². The minimum absolute atomic E-state index is 1.12. The van der Waals surface area contributed by atoms with Crippen LogP contribution in [0.3, 0.4) is 0 Å². The highest BCUT2D eigenvalue weighted by atomic mass is 32.1. The highest BCUT2D eigenvalue weighted by molar-refractivity contribution is 7.25. The molecule has 0 saturated carbocycles. The van der Waals surface area contributed by atoms with Gasteiger partial charge in [0.15, 0.2) is 0 Å². The van der Waals surface area contributed by atoms with E-state index >= 15 is 0 Å². The molecule has 0 saturated heterocycles. The lowest BCUT2D eigenvalue weighted by Crippen LogP contribution is -2.15. The highest BCUT2D eigenvalue weighted by Gasteiger charge is 2.27. The Morgan fingerprint density at radius 1 is 0.426 bits per heavy atom. The van der Waals surface area contributed by atoms with Crippen LogP contribution < -0.4 is 9.80 Å². The number of anilines is 6. The standard InChI is InChI=1S/C44H28N2S/c1-2-13-31(14-3-1)45(34-25-27-42-38(28-34)36-16-6-7-19-41(36)47-42)32-21-23-33(24-22-32)46-39-18-9-12-30-11-8-17-37(43(30)39)44-35-15-5-4-10-29(35)20-26-40(44)46/h1-28H. The molecule has 0 spiro atoms. The molecular weight excluding hydrogens is 589 g/mol. The van der Waals surface area contributed by atoms with Crippen molar-refractivity contribution in [1.82, 2.24) is 0 Å².